The van der Waals surface area contributed by atoms with Crippen molar-refractivity contribution in [3.63, 3.8) is 0 Å². The molecule has 0 aliphatic heterocycles. The van der Waals surface area contributed by atoms with E-state index < -0.39 is 0 Å². The number of hydrogen-bond donors (Lipinski definition) is 0. The second-order valence-electron chi connectivity index (χ2n) is 7.83. The van der Waals surface area contributed by atoms with Crippen LogP contribution in [0, 0.1) is 0 Å². The van der Waals surface area contributed by atoms with Crippen molar-refractivity contribution in [2.24, 2.45) is 9.98 Å². The third-order valence-electron chi connectivity index (χ3n) is 5.25. The van der Waals surface area contributed by atoms with Crippen molar-refractivity contribution in [2.75, 3.05) is 0 Å². The molecule has 2 aromatic heterocycles. The molecule has 8 heteroatoms. The van der Waals surface area contributed by atoms with Crippen LogP contribution in [0.1, 0.15) is 19.3 Å². The van der Waals surface area contributed by atoms with E-state index in [0.29, 0.717) is 0 Å². The molecule has 4 nitrogen and oxygen atoms in total. The van der Waals surface area contributed by atoms with Crippen LogP contribution in [0.4, 0.5) is 11.4 Å². The fourth-order valence-electron chi connectivity index (χ4n) is 3.44. The minimum atomic E-state index is 0. The van der Waals surface area contributed by atoms with Gasteiger partial charge in [0.2, 0.25) is 0 Å². The van der Waals surface area contributed by atoms with E-state index >= 15 is 0 Å². The van der Waals surface area contributed by atoms with E-state index in [1.54, 1.807) is 0 Å². The Labute approximate surface area is 237 Å². The summed E-state index contributed by atoms with van der Waals surface area (Å²) in [6.07, 6.45) is 11.8. The highest BCUT2D eigenvalue weighted by atomic mass is 79.9. The largest absolute Gasteiger partial charge is 0.354 e. The second-order valence-corrected chi connectivity index (χ2v) is 8.70. The van der Waals surface area contributed by atoms with Crippen LogP contribution in [0.5, 0.6) is 0 Å². The highest BCUT2D eigenvalue weighted by molar-refractivity contribution is 8.93. The molecule has 0 saturated heterocycles. The molecule has 0 radical (unpaired) electrons. The number of unbranched alkanes of at least 4 members (excludes halogenated alkanes) is 2. The zero-order valence-electron chi connectivity index (χ0n) is 19.1. The van der Waals surface area contributed by atoms with E-state index in [9.17, 15) is 0 Å². The van der Waals surface area contributed by atoms with Gasteiger partial charge in [0.1, 0.15) is 0 Å². The molecule has 35 heavy (non-hydrogen) atoms. The lowest BCUT2D eigenvalue weighted by atomic mass is 10.2. The third kappa shape index (κ3) is 9.80. The first-order valence-corrected chi connectivity index (χ1v) is 11.8. The van der Waals surface area contributed by atoms with Crippen molar-refractivity contribution in [2.45, 2.75) is 32.4 Å². The zero-order valence-corrected chi connectivity index (χ0v) is 24.1. The van der Waals surface area contributed by atoms with Gasteiger partial charge in [0.15, 0.2) is 0 Å². The molecule has 0 fully saturated rings. The number of hydrogen-bond acceptors (Lipinski definition) is 2. The van der Waals surface area contributed by atoms with Crippen molar-refractivity contribution in [1.82, 2.24) is 9.13 Å². The number of rotatable bonds is 8. The van der Waals surface area contributed by atoms with Gasteiger partial charge < -0.3 is 9.13 Å². The van der Waals surface area contributed by atoms with E-state index in [0.717, 1.165) is 58.1 Å². The first kappa shape index (κ1) is 29.1. The van der Waals surface area contributed by atoms with E-state index in [1.807, 2.05) is 72.8 Å². The fourth-order valence-corrected chi connectivity index (χ4v) is 3.69. The summed E-state index contributed by atoms with van der Waals surface area (Å²) in [5.74, 6) is 0. The highest BCUT2D eigenvalue weighted by Gasteiger charge is 1.95. The van der Waals surface area contributed by atoms with Gasteiger partial charge in [0.05, 0.1) is 22.1 Å². The Hall–Kier alpha value is -2.12. The predicted octanol–water partition coefficient (Wildman–Crippen LogP) is 8.09. The zero-order chi connectivity index (χ0) is 22.9. The number of aryl methyl sites for hydroxylation is 2. The number of halogens is 4. The van der Waals surface area contributed by atoms with Crippen LogP contribution in [0.25, 0.3) is 0 Å². The maximum atomic E-state index is 5.93. The number of nitrogens with zero attached hydrogens (tertiary/aromatic N) is 4. The summed E-state index contributed by atoms with van der Waals surface area (Å²) in [6.45, 7) is 2.01. The molecule has 0 amide bonds. The smallest absolute Gasteiger partial charge is 0.0666 e. The van der Waals surface area contributed by atoms with E-state index in [1.165, 1.54) is 6.42 Å². The van der Waals surface area contributed by atoms with Gasteiger partial charge in [0, 0.05) is 47.9 Å². The van der Waals surface area contributed by atoms with Gasteiger partial charge in [-0.15, -0.1) is 34.0 Å². The lowest BCUT2D eigenvalue weighted by Gasteiger charge is -2.08. The summed E-state index contributed by atoms with van der Waals surface area (Å²) in [5.41, 5.74) is 1.81. The average Bonchev–Trinajstić information content (AvgIpc) is 2.84. The van der Waals surface area contributed by atoms with Crippen molar-refractivity contribution in [1.29, 1.82) is 0 Å². The maximum absolute atomic E-state index is 5.93. The molecule has 2 aromatic carbocycles. The number of benzene rings is 2. The van der Waals surface area contributed by atoms with Crippen LogP contribution in [-0.4, -0.2) is 9.13 Å². The Bertz CT molecular complexity index is 1170. The van der Waals surface area contributed by atoms with Gasteiger partial charge in [-0.1, -0.05) is 23.2 Å². The van der Waals surface area contributed by atoms with Crippen LogP contribution < -0.4 is 10.7 Å². The van der Waals surface area contributed by atoms with Crippen molar-refractivity contribution < 1.29 is 0 Å². The van der Waals surface area contributed by atoms with E-state index in [4.69, 9.17) is 23.2 Å². The molecular formula is C27H28Br2Cl2N4. The molecule has 4 rings (SSSR count). The van der Waals surface area contributed by atoms with Gasteiger partial charge >= 0.3 is 0 Å². The molecular weight excluding hydrogens is 611 g/mol. The molecule has 0 bridgehead atoms. The Morgan fingerprint density at radius 3 is 1.17 bits per heavy atom. The van der Waals surface area contributed by atoms with Gasteiger partial charge in [-0.2, -0.15) is 0 Å². The lowest BCUT2D eigenvalue weighted by molar-refractivity contribution is 0.542. The highest BCUT2D eigenvalue weighted by Crippen LogP contribution is 2.16. The molecule has 0 aliphatic rings. The summed E-state index contributed by atoms with van der Waals surface area (Å²) in [7, 11) is 0. The Balaban J connectivity index is 0.00000216. The molecule has 0 saturated carbocycles. The van der Waals surface area contributed by atoms with Crippen LogP contribution in [0.2, 0.25) is 10.0 Å². The monoisotopic (exact) mass is 636 g/mol. The van der Waals surface area contributed by atoms with Gasteiger partial charge in [-0.05, 0) is 92.1 Å². The molecule has 0 unspecified atom stereocenters. The van der Waals surface area contributed by atoms with Crippen molar-refractivity contribution in [3.8, 4) is 0 Å². The van der Waals surface area contributed by atoms with Crippen LogP contribution >= 0.6 is 57.2 Å². The quantitative estimate of drug-likeness (QED) is 0.175. The summed E-state index contributed by atoms with van der Waals surface area (Å²) in [6, 6.07) is 23.3. The molecule has 0 N–H and O–H groups in total. The predicted molar refractivity (Wildman–Crippen MR) is 157 cm³/mol. The Morgan fingerprint density at radius 1 is 0.486 bits per heavy atom. The minimum absolute atomic E-state index is 0. The first-order valence-electron chi connectivity index (χ1n) is 11.1. The molecule has 184 valence electrons. The van der Waals surface area contributed by atoms with Crippen LogP contribution in [0.15, 0.2) is 108 Å². The fraction of sp³-hybridized carbons (Fsp3) is 0.185. The van der Waals surface area contributed by atoms with Gasteiger partial charge in [-0.3, -0.25) is 0 Å². The standard InChI is InChI=1S/C27H26Cl2N4.2BrH/c28-22-4-8-24(9-5-22)30-26-12-18-32(19-13-26)16-2-1-3-17-33-20-14-27(15-21-33)31-25-10-6-23(29)7-11-25;;/h4-15,18-21H,1-3,16-17H2;2*1H. The minimum Gasteiger partial charge on any atom is -0.354 e. The summed E-state index contributed by atoms with van der Waals surface area (Å²) in [5, 5.41) is 3.33. The van der Waals surface area contributed by atoms with E-state index in [-0.39, 0.29) is 34.0 Å². The summed E-state index contributed by atoms with van der Waals surface area (Å²) in [4.78, 5) is 9.23. The molecule has 2 heterocycles. The number of pyridine rings is 2. The van der Waals surface area contributed by atoms with Crippen LogP contribution in [-0.2, 0) is 13.1 Å². The Kier molecular flexibility index (Phi) is 12.6. The average molecular weight is 639 g/mol. The normalized spacial score (nSPS) is 10.1. The lowest BCUT2D eigenvalue weighted by Crippen LogP contribution is -2.07. The van der Waals surface area contributed by atoms with Gasteiger partial charge in [0.25, 0.3) is 0 Å². The second kappa shape index (κ2) is 15.1. The molecule has 0 spiro atoms. The maximum Gasteiger partial charge on any atom is 0.0666 e. The summed E-state index contributed by atoms with van der Waals surface area (Å²) >= 11 is 11.9. The molecule has 4 aromatic rings. The third-order valence-corrected chi connectivity index (χ3v) is 5.75. The SMILES string of the molecule is Br.Br.Clc1ccc(N=c2ccn(CCCCCn3ccc(=Nc4ccc(Cl)cc4)cc3)cc2)cc1. The van der Waals surface area contributed by atoms with Crippen molar-refractivity contribution in [3.05, 3.63) is 118 Å². The van der Waals surface area contributed by atoms with Gasteiger partial charge in [-0.25, -0.2) is 9.98 Å². The summed E-state index contributed by atoms with van der Waals surface area (Å²) < 4.78 is 4.42. The first-order chi connectivity index (χ1) is 16.1. The van der Waals surface area contributed by atoms with E-state index in [2.05, 4.69) is 43.9 Å². The number of aromatic nitrogens is 2. The Morgan fingerprint density at radius 2 is 0.829 bits per heavy atom. The van der Waals surface area contributed by atoms with Crippen molar-refractivity contribution >= 4 is 68.5 Å². The molecule has 0 atom stereocenters. The van der Waals surface area contributed by atoms with Crippen LogP contribution in [0.3, 0.4) is 0 Å². The topological polar surface area (TPSA) is 34.6 Å². The molecule has 0 aliphatic carbocycles.